The highest BCUT2D eigenvalue weighted by molar-refractivity contribution is 7.17. The fourth-order valence-corrected chi connectivity index (χ4v) is 3.51. The molecule has 1 aromatic heterocycles. The Balaban J connectivity index is 2.28. The zero-order valence-electron chi connectivity index (χ0n) is 11.7. The highest BCUT2D eigenvalue weighted by Crippen LogP contribution is 2.29. The van der Waals surface area contributed by atoms with Gasteiger partial charge in [-0.3, -0.25) is 4.79 Å². The standard InChI is InChI=1S/C16H20O2S/c1-4-16(5-2,18-3)15(17)10-12-11-19-14-9-7-6-8-13(12)14/h6-9,11H,4-5,10H2,1-3H3. The minimum Gasteiger partial charge on any atom is -0.370 e. The third-order valence-corrected chi connectivity index (χ3v) is 4.97. The minimum atomic E-state index is -0.622. The summed E-state index contributed by atoms with van der Waals surface area (Å²) in [7, 11) is 1.64. The van der Waals surface area contributed by atoms with Crippen molar-refractivity contribution in [2.45, 2.75) is 38.7 Å². The number of hydrogen-bond acceptors (Lipinski definition) is 3. The van der Waals surface area contributed by atoms with E-state index in [4.69, 9.17) is 4.74 Å². The number of carbonyl (C=O) groups excluding carboxylic acids is 1. The Bertz CT molecular complexity index is 559. The minimum absolute atomic E-state index is 0.184. The van der Waals surface area contributed by atoms with E-state index in [1.165, 1.54) is 10.1 Å². The first kappa shape index (κ1) is 14.2. The molecule has 2 nitrogen and oxygen atoms in total. The van der Waals surface area contributed by atoms with Gasteiger partial charge in [-0.05, 0) is 35.2 Å². The smallest absolute Gasteiger partial charge is 0.168 e. The Labute approximate surface area is 118 Å². The van der Waals surface area contributed by atoms with Crippen LogP contribution in [0.5, 0.6) is 0 Å². The maximum Gasteiger partial charge on any atom is 0.168 e. The number of ether oxygens (including phenoxy) is 1. The van der Waals surface area contributed by atoms with Crippen molar-refractivity contribution in [1.29, 1.82) is 0 Å². The van der Waals surface area contributed by atoms with E-state index in [9.17, 15) is 4.79 Å². The van der Waals surface area contributed by atoms with Crippen LogP contribution in [0.2, 0.25) is 0 Å². The lowest BCUT2D eigenvalue weighted by Crippen LogP contribution is -2.40. The van der Waals surface area contributed by atoms with Gasteiger partial charge in [0.15, 0.2) is 5.78 Å². The summed E-state index contributed by atoms with van der Waals surface area (Å²) in [5, 5.41) is 3.28. The zero-order chi connectivity index (χ0) is 13.9. The summed E-state index contributed by atoms with van der Waals surface area (Å²) in [5.74, 6) is 0.184. The second-order valence-electron chi connectivity index (χ2n) is 4.76. The Morgan fingerprint density at radius 2 is 1.95 bits per heavy atom. The Hall–Kier alpha value is -1.19. The molecule has 3 heteroatoms. The summed E-state index contributed by atoms with van der Waals surface area (Å²) in [5.41, 5.74) is 0.497. The van der Waals surface area contributed by atoms with Gasteiger partial charge in [0.1, 0.15) is 5.60 Å². The van der Waals surface area contributed by atoms with Gasteiger partial charge in [0, 0.05) is 18.2 Å². The van der Waals surface area contributed by atoms with Gasteiger partial charge >= 0.3 is 0 Å². The van der Waals surface area contributed by atoms with Crippen molar-refractivity contribution in [2.75, 3.05) is 7.11 Å². The van der Waals surface area contributed by atoms with Crippen LogP contribution in [-0.4, -0.2) is 18.5 Å². The molecule has 0 fully saturated rings. The number of thiophene rings is 1. The van der Waals surface area contributed by atoms with Crippen LogP contribution < -0.4 is 0 Å². The molecular formula is C16H20O2S. The second kappa shape index (κ2) is 5.85. The third kappa shape index (κ3) is 2.58. The first-order chi connectivity index (χ1) is 9.16. The molecule has 0 aliphatic heterocycles. The van der Waals surface area contributed by atoms with Crippen molar-refractivity contribution in [3.05, 3.63) is 35.2 Å². The van der Waals surface area contributed by atoms with Gasteiger partial charge in [-0.2, -0.15) is 0 Å². The van der Waals surface area contributed by atoms with Gasteiger partial charge in [-0.1, -0.05) is 32.0 Å². The molecule has 1 aromatic carbocycles. The van der Waals surface area contributed by atoms with E-state index in [2.05, 4.69) is 17.5 Å². The van der Waals surface area contributed by atoms with Crippen molar-refractivity contribution in [3.63, 3.8) is 0 Å². The van der Waals surface area contributed by atoms with Gasteiger partial charge < -0.3 is 4.74 Å². The van der Waals surface area contributed by atoms with Crippen molar-refractivity contribution < 1.29 is 9.53 Å². The molecule has 0 radical (unpaired) electrons. The van der Waals surface area contributed by atoms with Crippen LogP contribution in [0.15, 0.2) is 29.6 Å². The molecule has 0 saturated carbocycles. The topological polar surface area (TPSA) is 26.3 Å². The average molecular weight is 276 g/mol. The van der Waals surface area contributed by atoms with Crippen LogP contribution in [0.3, 0.4) is 0 Å². The van der Waals surface area contributed by atoms with Gasteiger partial charge in [0.05, 0.1) is 0 Å². The quantitative estimate of drug-likeness (QED) is 0.789. The van der Waals surface area contributed by atoms with Crippen molar-refractivity contribution in [3.8, 4) is 0 Å². The molecule has 0 bridgehead atoms. The maximum atomic E-state index is 12.5. The number of methoxy groups -OCH3 is 1. The molecule has 1 heterocycles. The summed E-state index contributed by atoms with van der Waals surface area (Å²) in [6.45, 7) is 4.02. The van der Waals surface area contributed by atoms with E-state index in [1.54, 1.807) is 18.4 Å². The number of carbonyl (C=O) groups is 1. The largest absolute Gasteiger partial charge is 0.370 e. The molecule has 0 aliphatic rings. The van der Waals surface area contributed by atoms with Gasteiger partial charge in [0.2, 0.25) is 0 Å². The number of ketones is 1. The van der Waals surface area contributed by atoms with E-state index in [-0.39, 0.29) is 5.78 Å². The number of benzene rings is 1. The summed E-state index contributed by atoms with van der Waals surface area (Å²) >= 11 is 1.70. The lowest BCUT2D eigenvalue weighted by molar-refractivity contribution is -0.141. The van der Waals surface area contributed by atoms with E-state index in [0.717, 1.165) is 18.4 Å². The van der Waals surface area contributed by atoms with Crippen LogP contribution >= 0.6 is 11.3 Å². The second-order valence-corrected chi connectivity index (χ2v) is 5.67. The molecule has 0 saturated heterocycles. The first-order valence-corrected chi connectivity index (χ1v) is 7.58. The summed E-state index contributed by atoms with van der Waals surface area (Å²) in [6.07, 6.45) is 1.90. The normalized spacial score (nSPS) is 11.9. The van der Waals surface area contributed by atoms with E-state index < -0.39 is 5.60 Å². The zero-order valence-corrected chi connectivity index (χ0v) is 12.5. The molecule has 102 valence electrons. The van der Waals surface area contributed by atoms with Gasteiger partial charge in [-0.15, -0.1) is 11.3 Å². The van der Waals surface area contributed by atoms with E-state index in [1.807, 2.05) is 26.0 Å². The van der Waals surface area contributed by atoms with Gasteiger partial charge in [-0.25, -0.2) is 0 Å². The summed E-state index contributed by atoms with van der Waals surface area (Å²) in [6, 6.07) is 8.23. The molecule has 0 atom stereocenters. The van der Waals surface area contributed by atoms with Gasteiger partial charge in [0.25, 0.3) is 0 Å². The monoisotopic (exact) mass is 276 g/mol. The highest BCUT2D eigenvalue weighted by atomic mass is 32.1. The Morgan fingerprint density at radius 3 is 2.58 bits per heavy atom. The van der Waals surface area contributed by atoms with Crippen molar-refractivity contribution in [2.24, 2.45) is 0 Å². The van der Waals surface area contributed by atoms with Crippen molar-refractivity contribution >= 4 is 27.2 Å². The maximum absolute atomic E-state index is 12.5. The predicted octanol–water partition coefficient (Wildman–Crippen LogP) is 4.22. The lowest BCUT2D eigenvalue weighted by Gasteiger charge is -2.28. The molecule has 19 heavy (non-hydrogen) atoms. The number of fused-ring (bicyclic) bond motifs is 1. The number of Topliss-reactive ketones (excluding diaryl/α,β-unsaturated/α-hetero) is 1. The predicted molar refractivity (Wildman–Crippen MR) is 80.9 cm³/mol. The Kier molecular flexibility index (Phi) is 4.38. The summed E-state index contributed by atoms with van der Waals surface area (Å²) in [4.78, 5) is 12.5. The highest BCUT2D eigenvalue weighted by Gasteiger charge is 2.34. The number of rotatable bonds is 6. The lowest BCUT2D eigenvalue weighted by atomic mass is 9.88. The molecule has 0 unspecified atom stereocenters. The molecule has 2 rings (SSSR count). The van der Waals surface area contributed by atoms with Crippen LogP contribution in [-0.2, 0) is 16.0 Å². The average Bonchev–Trinajstić information content (AvgIpc) is 2.85. The summed E-state index contributed by atoms with van der Waals surface area (Å²) < 4.78 is 6.75. The molecular weight excluding hydrogens is 256 g/mol. The molecule has 0 aliphatic carbocycles. The third-order valence-electron chi connectivity index (χ3n) is 3.95. The van der Waals surface area contributed by atoms with Crippen LogP contribution in [0.1, 0.15) is 32.3 Å². The van der Waals surface area contributed by atoms with Crippen LogP contribution in [0, 0.1) is 0 Å². The molecule has 2 aromatic rings. The fourth-order valence-electron chi connectivity index (χ4n) is 2.55. The first-order valence-electron chi connectivity index (χ1n) is 6.70. The van der Waals surface area contributed by atoms with E-state index >= 15 is 0 Å². The molecule has 0 N–H and O–H groups in total. The van der Waals surface area contributed by atoms with E-state index in [0.29, 0.717) is 6.42 Å². The fraction of sp³-hybridized carbons (Fsp3) is 0.438. The van der Waals surface area contributed by atoms with Crippen molar-refractivity contribution in [1.82, 2.24) is 0 Å². The molecule has 0 amide bonds. The Morgan fingerprint density at radius 1 is 1.26 bits per heavy atom. The number of hydrogen-bond donors (Lipinski definition) is 0. The SMILES string of the molecule is CCC(CC)(OC)C(=O)Cc1csc2ccccc12. The molecule has 0 spiro atoms. The van der Waals surface area contributed by atoms with Crippen LogP contribution in [0.4, 0.5) is 0 Å². The van der Waals surface area contributed by atoms with Crippen LogP contribution in [0.25, 0.3) is 10.1 Å².